The molecule has 128 valence electrons. The molecule has 0 saturated carbocycles. The van der Waals surface area contributed by atoms with Crippen LogP contribution in [0, 0.1) is 0 Å². The number of aryl methyl sites for hydroxylation is 1. The predicted molar refractivity (Wildman–Crippen MR) is 92.2 cm³/mol. The minimum atomic E-state index is 0.191. The summed E-state index contributed by atoms with van der Waals surface area (Å²) in [6.45, 7) is 2.08. The van der Waals surface area contributed by atoms with Crippen molar-refractivity contribution in [3.05, 3.63) is 53.9 Å². The number of hydrogen-bond acceptors (Lipinski definition) is 3. The summed E-state index contributed by atoms with van der Waals surface area (Å²) in [5.41, 5.74) is 2.31. The number of rotatable bonds is 7. The van der Waals surface area contributed by atoms with Crippen LogP contribution >= 0.6 is 0 Å². The summed E-state index contributed by atoms with van der Waals surface area (Å²) in [5, 5.41) is 4.23. The summed E-state index contributed by atoms with van der Waals surface area (Å²) < 4.78 is 7.46. The van der Waals surface area contributed by atoms with Gasteiger partial charge in [0.15, 0.2) is 0 Å². The van der Waals surface area contributed by atoms with Crippen molar-refractivity contribution in [1.29, 1.82) is 0 Å². The smallest absolute Gasteiger partial charge is 0.223 e. The Morgan fingerprint density at radius 1 is 1.33 bits per heavy atom. The van der Waals surface area contributed by atoms with E-state index in [1.165, 1.54) is 5.56 Å². The lowest BCUT2D eigenvalue weighted by atomic mass is 10.1. The van der Waals surface area contributed by atoms with Gasteiger partial charge in [-0.2, -0.15) is 5.10 Å². The standard InChI is InChI=1S/C19H25N3O2/c1-21-14-17(13-20-21)18-9-5-11-22(18)19(23)10-6-12-24-15-16-7-3-2-4-8-16/h2-4,7-8,13-14,18H,5-6,9-12,15H2,1H3/t18-/m0/s1. The number of benzene rings is 1. The molecular weight excluding hydrogens is 302 g/mol. The van der Waals surface area contributed by atoms with Crippen LogP contribution in [0.15, 0.2) is 42.7 Å². The number of carbonyl (C=O) groups excluding carboxylic acids is 1. The highest BCUT2D eigenvalue weighted by Gasteiger charge is 2.30. The van der Waals surface area contributed by atoms with Gasteiger partial charge < -0.3 is 9.64 Å². The van der Waals surface area contributed by atoms with E-state index in [1.54, 1.807) is 4.68 Å². The van der Waals surface area contributed by atoms with Gasteiger partial charge in [-0.3, -0.25) is 9.48 Å². The van der Waals surface area contributed by atoms with Crippen LogP contribution in [-0.2, 0) is 23.2 Å². The van der Waals surface area contributed by atoms with Crippen LogP contribution in [0.1, 0.15) is 42.9 Å². The molecule has 5 nitrogen and oxygen atoms in total. The molecule has 1 amide bonds. The van der Waals surface area contributed by atoms with Gasteiger partial charge in [0.25, 0.3) is 0 Å². The Balaban J connectivity index is 1.41. The first kappa shape index (κ1) is 16.7. The first-order chi connectivity index (χ1) is 11.7. The van der Waals surface area contributed by atoms with Gasteiger partial charge in [-0.1, -0.05) is 30.3 Å². The van der Waals surface area contributed by atoms with Gasteiger partial charge in [0, 0.05) is 38.4 Å². The van der Waals surface area contributed by atoms with Crippen LogP contribution < -0.4 is 0 Å². The Hall–Kier alpha value is -2.14. The van der Waals surface area contributed by atoms with Gasteiger partial charge in [-0.15, -0.1) is 0 Å². The molecule has 0 spiro atoms. The minimum absolute atomic E-state index is 0.191. The van der Waals surface area contributed by atoms with Gasteiger partial charge in [-0.05, 0) is 24.8 Å². The Morgan fingerprint density at radius 2 is 2.17 bits per heavy atom. The van der Waals surface area contributed by atoms with Crippen molar-refractivity contribution in [1.82, 2.24) is 14.7 Å². The molecule has 1 aromatic heterocycles. The summed E-state index contributed by atoms with van der Waals surface area (Å²) >= 11 is 0. The SMILES string of the molecule is Cn1cc([C@@H]2CCCN2C(=O)CCCOCc2ccccc2)cn1. The highest BCUT2D eigenvalue weighted by molar-refractivity contribution is 5.77. The molecule has 1 aliphatic heterocycles. The molecule has 0 bridgehead atoms. The molecule has 5 heteroatoms. The molecular formula is C19H25N3O2. The second kappa shape index (κ2) is 8.11. The Morgan fingerprint density at radius 3 is 2.92 bits per heavy atom. The molecule has 1 atom stereocenters. The van der Waals surface area contributed by atoms with Crippen LogP contribution in [0.3, 0.4) is 0 Å². The van der Waals surface area contributed by atoms with Crippen molar-refractivity contribution in [3.8, 4) is 0 Å². The lowest BCUT2D eigenvalue weighted by molar-refractivity contribution is -0.132. The summed E-state index contributed by atoms with van der Waals surface area (Å²) in [6, 6.07) is 10.3. The van der Waals surface area contributed by atoms with Gasteiger partial charge in [0.05, 0.1) is 18.8 Å². The quantitative estimate of drug-likeness (QED) is 0.734. The molecule has 1 saturated heterocycles. The highest BCUT2D eigenvalue weighted by atomic mass is 16.5. The lowest BCUT2D eigenvalue weighted by Gasteiger charge is -2.24. The van der Waals surface area contributed by atoms with Gasteiger partial charge >= 0.3 is 0 Å². The predicted octanol–water partition coefficient (Wildman–Crippen LogP) is 3.08. The van der Waals surface area contributed by atoms with E-state index in [0.717, 1.165) is 31.4 Å². The van der Waals surface area contributed by atoms with Crippen molar-refractivity contribution in [2.45, 2.75) is 38.3 Å². The molecule has 3 rings (SSSR count). The van der Waals surface area contributed by atoms with E-state index in [0.29, 0.717) is 19.6 Å². The Bertz CT molecular complexity index is 654. The summed E-state index contributed by atoms with van der Waals surface area (Å²) in [4.78, 5) is 14.5. The number of nitrogens with zero attached hydrogens (tertiary/aromatic N) is 3. The average molecular weight is 327 g/mol. The molecule has 1 aliphatic rings. The molecule has 0 radical (unpaired) electrons. The molecule has 1 aromatic carbocycles. The Kier molecular flexibility index (Phi) is 5.64. The van der Waals surface area contributed by atoms with E-state index in [1.807, 2.05) is 54.7 Å². The first-order valence-corrected chi connectivity index (χ1v) is 8.64. The monoisotopic (exact) mass is 327 g/mol. The number of ether oxygens (including phenoxy) is 1. The van der Waals surface area contributed by atoms with Crippen molar-refractivity contribution in [2.24, 2.45) is 7.05 Å². The number of carbonyl (C=O) groups is 1. The topological polar surface area (TPSA) is 47.4 Å². The third-order valence-corrected chi connectivity index (χ3v) is 4.47. The van der Waals surface area contributed by atoms with E-state index in [2.05, 4.69) is 5.10 Å². The molecule has 24 heavy (non-hydrogen) atoms. The molecule has 1 fully saturated rings. The van der Waals surface area contributed by atoms with Crippen LogP contribution in [0.2, 0.25) is 0 Å². The fraction of sp³-hybridized carbons (Fsp3) is 0.474. The summed E-state index contributed by atoms with van der Waals surface area (Å²) in [5.74, 6) is 0.227. The lowest BCUT2D eigenvalue weighted by Crippen LogP contribution is -2.30. The number of amides is 1. The van der Waals surface area contributed by atoms with Crippen LogP contribution in [0.5, 0.6) is 0 Å². The maximum atomic E-state index is 12.5. The number of aromatic nitrogens is 2. The van der Waals surface area contributed by atoms with Crippen LogP contribution in [0.25, 0.3) is 0 Å². The summed E-state index contributed by atoms with van der Waals surface area (Å²) in [6.07, 6.45) is 7.30. The maximum Gasteiger partial charge on any atom is 0.223 e. The number of hydrogen-bond donors (Lipinski definition) is 0. The number of likely N-dealkylation sites (tertiary alicyclic amines) is 1. The zero-order chi connectivity index (χ0) is 16.8. The largest absolute Gasteiger partial charge is 0.377 e. The van der Waals surface area contributed by atoms with Crippen LogP contribution in [0.4, 0.5) is 0 Å². The maximum absolute atomic E-state index is 12.5. The third kappa shape index (κ3) is 4.23. The van der Waals surface area contributed by atoms with Crippen molar-refractivity contribution in [3.63, 3.8) is 0 Å². The van der Waals surface area contributed by atoms with E-state index >= 15 is 0 Å². The molecule has 0 N–H and O–H groups in total. The van der Waals surface area contributed by atoms with E-state index in [4.69, 9.17) is 4.74 Å². The van der Waals surface area contributed by atoms with E-state index in [-0.39, 0.29) is 11.9 Å². The molecule has 0 unspecified atom stereocenters. The summed E-state index contributed by atoms with van der Waals surface area (Å²) in [7, 11) is 1.91. The van der Waals surface area contributed by atoms with Crippen LogP contribution in [-0.4, -0.2) is 33.7 Å². The van der Waals surface area contributed by atoms with Gasteiger partial charge in [-0.25, -0.2) is 0 Å². The minimum Gasteiger partial charge on any atom is -0.377 e. The van der Waals surface area contributed by atoms with Crippen molar-refractivity contribution >= 4 is 5.91 Å². The second-order valence-electron chi connectivity index (χ2n) is 6.33. The van der Waals surface area contributed by atoms with Gasteiger partial charge in [0.1, 0.15) is 0 Å². The molecule has 2 heterocycles. The first-order valence-electron chi connectivity index (χ1n) is 8.64. The Labute approximate surface area is 143 Å². The van der Waals surface area contributed by atoms with Gasteiger partial charge in [0.2, 0.25) is 5.91 Å². The van der Waals surface area contributed by atoms with E-state index < -0.39 is 0 Å². The van der Waals surface area contributed by atoms with Crippen molar-refractivity contribution < 1.29 is 9.53 Å². The third-order valence-electron chi connectivity index (χ3n) is 4.47. The molecule has 0 aliphatic carbocycles. The normalized spacial score (nSPS) is 17.4. The average Bonchev–Trinajstić information content (AvgIpc) is 3.24. The zero-order valence-corrected chi connectivity index (χ0v) is 14.2. The van der Waals surface area contributed by atoms with Crippen molar-refractivity contribution in [2.75, 3.05) is 13.2 Å². The molecule has 2 aromatic rings. The highest BCUT2D eigenvalue weighted by Crippen LogP contribution is 2.32. The fourth-order valence-electron chi connectivity index (χ4n) is 3.26. The zero-order valence-electron chi connectivity index (χ0n) is 14.2. The fourth-order valence-corrected chi connectivity index (χ4v) is 3.26. The second-order valence-corrected chi connectivity index (χ2v) is 6.33. The van der Waals surface area contributed by atoms with E-state index in [9.17, 15) is 4.79 Å².